The molecule has 1 aliphatic heterocycles. The number of piperidine rings is 1. The molecule has 3 aromatic rings. The standard InChI is InChI=1S/C20H25N7O2/c1-26-9-7-22-16(26)12-27-8-3-4-13(11-27)10-23-20(29)14-5-2-6-15-17(14)25-19(24-15)18(21)28/h2,5-7,9,13H,3-4,8,10-12H2,1H3,(H2,21,28)(H,23,29)(H,24,25). The molecule has 0 radical (unpaired) electrons. The number of nitrogens with one attached hydrogen (secondary N) is 2. The van der Waals surface area contributed by atoms with Crippen LogP contribution in [0.1, 0.15) is 39.6 Å². The first kappa shape index (κ1) is 19.1. The first-order valence-electron chi connectivity index (χ1n) is 9.76. The van der Waals surface area contributed by atoms with Crippen LogP contribution in [0.3, 0.4) is 0 Å². The van der Waals surface area contributed by atoms with E-state index in [0.29, 0.717) is 29.1 Å². The van der Waals surface area contributed by atoms with E-state index in [1.54, 1.807) is 18.2 Å². The second-order valence-electron chi connectivity index (χ2n) is 7.56. The molecule has 1 saturated heterocycles. The summed E-state index contributed by atoms with van der Waals surface area (Å²) < 4.78 is 2.04. The van der Waals surface area contributed by atoms with Gasteiger partial charge in [-0.3, -0.25) is 14.5 Å². The molecule has 9 heteroatoms. The van der Waals surface area contributed by atoms with Crippen molar-refractivity contribution in [2.24, 2.45) is 18.7 Å². The Kier molecular flexibility index (Phi) is 5.30. The minimum absolute atomic E-state index is 0.0532. The van der Waals surface area contributed by atoms with Gasteiger partial charge in [-0.15, -0.1) is 0 Å². The van der Waals surface area contributed by atoms with Gasteiger partial charge in [0.05, 0.1) is 17.6 Å². The molecule has 29 heavy (non-hydrogen) atoms. The van der Waals surface area contributed by atoms with Crippen molar-refractivity contribution in [2.45, 2.75) is 19.4 Å². The van der Waals surface area contributed by atoms with Crippen molar-refractivity contribution in [1.29, 1.82) is 0 Å². The average Bonchev–Trinajstić information content (AvgIpc) is 3.32. The van der Waals surface area contributed by atoms with E-state index in [-0.39, 0.29) is 11.7 Å². The third kappa shape index (κ3) is 4.14. The lowest BCUT2D eigenvalue weighted by molar-refractivity contribution is 0.0929. The molecule has 9 nitrogen and oxygen atoms in total. The van der Waals surface area contributed by atoms with Crippen LogP contribution in [0.25, 0.3) is 11.0 Å². The number of hydrogen-bond acceptors (Lipinski definition) is 5. The van der Waals surface area contributed by atoms with Crippen LogP contribution in [0.15, 0.2) is 30.6 Å². The highest BCUT2D eigenvalue weighted by Gasteiger charge is 2.22. The number of rotatable bonds is 6. The Balaban J connectivity index is 1.38. The average molecular weight is 395 g/mol. The van der Waals surface area contributed by atoms with E-state index in [2.05, 4.69) is 25.2 Å². The predicted octanol–water partition coefficient (Wildman–Crippen LogP) is 1.04. The summed E-state index contributed by atoms with van der Waals surface area (Å²) in [5.74, 6) is 0.636. The first-order valence-corrected chi connectivity index (χ1v) is 9.76. The number of aromatic nitrogens is 4. The highest BCUT2D eigenvalue weighted by atomic mass is 16.2. The molecule has 1 aromatic carbocycles. The molecule has 4 N–H and O–H groups in total. The van der Waals surface area contributed by atoms with Crippen molar-refractivity contribution in [3.63, 3.8) is 0 Å². The number of primary amides is 1. The van der Waals surface area contributed by atoms with Crippen LogP contribution in [0.4, 0.5) is 0 Å². The smallest absolute Gasteiger partial charge is 0.284 e. The van der Waals surface area contributed by atoms with Gasteiger partial charge in [0, 0.05) is 32.5 Å². The number of hydrogen-bond donors (Lipinski definition) is 3. The summed E-state index contributed by atoms with van der Waals surface area (Å²) in [7, 11) is 2.00. The lowest BCUT2D eigenvalue weighted by atomic mass is 9.98. The van der Waals surface area contributed by atoms with Crippen molar-refractivity contribution < 1.29 is 9.59 Å². The Bertz CT molecular complexity index is 1040. The number of aromatic amines is 1. The van der Waals surface area contributed by atoms with Crippen molar-refractivity contribution in [3.8, 4) is 0 Å². The van der Waals surface area contributed by atoms with Crippen molar-refractivity contribution in [2.75, 3.05) is 19.6 Å². The maximum atomic E-state index is 12.8. The Labute approximate surface area is 168 Å². The number of fused-ring (bicyclic) bond motifs is 1. The van der Waals surface area contributed by atoms with Crippen LogP contribution in [0.5, 0.6) is 0 Å². The molecule has 2 aromatic heterocycles. The molecule has 3 heterocycles. The highest BCUT2D eigenvalue weighted by Crippen LogP contribution is 2.19. The quantitative estimate of drug-likeness (QED) is 0.576. The number of amides is 2. The Morgan fingerprint density at radius 1 is 1.38 bits per heavy atom. The SMILES string of the molecule is Cn1ccnc1CN1CCCC(CNC(=O)c2cccc3[nH]c(C(N)=O)nc23)C1. The second-order valence-corrected chi connectivity index (χ2v) is 7.56. The number of carbonyl (C=O) groups is 2. The zero-order chi connectivity index (χ0) is 20.4. The fourth-order valence-corrected chi connectivity index (χ4v) is 3.87. The zero-order valence-electron chi connectivity index (χ0n) is 16.4. The molecule has 1 aliphatic rings. The minimum atomic E-state index is -0.650. The van der Waals surface area contributed by atoms with Crippen molar-refractivity contribution in [3.05, 3.63) is 47.8 Å². The van der Waals surface area contributed by atoms with E-state index < -0.39 is 5.91 Å². The molecular weight excluding hydrogens is 370 g/mol. The van der Waals surface area contributed by atoms with Gasteiger partial charge in [-0.05, 0) is 37.4 Å². The van der Waals surface area contributed by atoms with E-state index in [1.165, 1.54) is 0 Å². The molecule has 2 amide bonds. The van der Waals surface area contributed by atoms with Crippen LogP contribution in [-0.2, 0) is 13.6 Å². The van der Waals surface area contributed by atoms with Gasteiger partial charge < -0.3 is 20.6 Å². The second kappa shape index (κ2) is 8.04. The van der Waals surface area contributed by atoms with Crippen LogP contribution in [0, 0.1) is 5.92 Å². The number of nitrogens with two attached hydrogens (primary N) is 1. The third-order valence-electron chi connectivity index (χ3n) is 5.43. The largest absolute Gasteiger partial charge is 0.363 e. The van der Waals surface area contributed by atoms with E-state index in [1.807, 2.05) is 24.0 Å². The van der Waals surface area contributed by atoms with Gasteiger partial charge in [-0.2, -0.15) is 0 Å². The van der Waals surface area contributed by atoms with Gasteiger partial charge in [0.1, 0.15) is 11.3 Å². The fourth-order valence-electron chi connectivity index (χ4n) is 3.87. The molecule has 4 rings (SSSR count). The van der Waals surface area contributed by atoms with Gasteiger partial charge >= 0.3 is 0 Å². The monoisotopic (exact) mass is 395 g/mol. The molecule has 0 spiro atoms. The zero-order valence-corrected chi connectivity index (χ0v) is 16.4. The van der Waals surface area contributed by atoms with E-state index in [4.69, 9.17) is 5.73 Å². The number of carbonyl (C=O) groups excluding carboxylic acids is 2. The fraction of sp³-hybridized carbons (Fsp3) is 0.400. The number of benzene rings is 1. The van der Waals surface area contributed by atoms with Crippen LogP contribution in [0.2, 0.25) is 0 Å². The summed E-state index contributed by atoms with van der Waals surface area (Å²) in [5.41, 5.74) is 6.80. The van der Waals surface area contributed by atoms with Gasteiger partial charge in [-0.1, -0.05) is 6.07 Å². The summed E-state index contributed by atoms with van der Waals surface area (Å²) >= 11 is 0. The topological polar surface area (TPSA) is 122 Å². The maximum absolute atomic E-state index is 12.8. The van der Waals surface area contributed by atoms with Gasteiger partial charge in [0.15, 0.2) is 5.82 Å². The van der Waals surface area contributed by atoms with E-state index in [0.717, 1.165) is 38.3 Å². The predicted molar refractivity (Wildman–Crippen MR) is 108 cm³/mol. The Morgan fingerprint density at radius 3 is 3.00 bits per heavy atom. The lowest BCUT2D eigenvalue weighted by Crippen LogP contribution is -2.41. The third-order valence-corrected chi connectivity index (χ3v) is 5.43. The number of para-hydroxylation sites is 1. The molecule has 1 atom stereocenters. The Morgan fingerprint density at radius 2 is 2.24 bits per heavy atom. The van der Waals surface area contributed by atoms with Gasteiger partial charge in [0.2, 0.25) is 0 Å². The number of H-pyrrole nitrogens is 1. The number of aryl methyl sites for hydroxylation is 1. The van der Waals surface area contributed by atoms with Gasteiger partial charge in [-0.25, -0.2) is 9.97 Å². The van der Waals surface area contributed by atoms with E-state index in [9.17, 15) is 9.59 Å². The highest BCUT2D eigenvalue weighted by molar-refractivity contribution is 6.06. The molecule has 152 valence electrons. The molecular formula is C20H25N7O2. The summed E-state index contributed by atoms with van der Waals surface area (Å²) in [6.07, 6.45) is 5.95. The molecule has 1 fully saturated rings. The van der Waals surface area contributed by atoms with Crippen molar-refractivity contribution >= 4 is 22.8 Å². The lowest BCUT2D eigenvalue weighted by Gasteiger charge is -2.32. The van der Waals surface area contributed by atoms with E-state index >= 15 is 0 Å². The summed E-state index contributed by atoms with van der Waals surface area (Å²) in [6, 6.07) is 5.23. The minimum Gasteiger partial charge on any atom is -0.363 e. The molecule has 0 saturated carbocycles. The summed E-state index contributed by atoms with van der Waals surface area (Å²) in [4.78, 5) is 37.9. The van der Waals surface area contributed by atoms with Gasteiger partial charge in [0.25, 0.3) is 11.8 Å². The molecule has 0 bridgehead atoms. The van der Waals surface area contributed by atoms with Crippen LogP contribution < -0.4 is 11.1 Å². The van der Waals surface area contributed by atoms with Crippen LogP contribution in [-0.4, -0.2) is 55.9 Å². The Hall–Kier alpha value is -3.20. The maximum Gasteiger partial charge on any atom is 0.284 e. The molecule has 1 unspecified atom stereocenters. The number of nitrogens with zero attached hydrogens (tertiary/aromatic N) is 4. The summed E-state index contributed by atoms with van der Waals surface area (Å²) in [5, 5.41) is 3.03. The summed E-state index contributed by atoms with van der Waals surface area (Å²) in [6.45, 7) is 3.38. The molecule has 0 aliphatic carbocycles. The normalized spacial score (nSPS) is 17.5. The van der Waals surface area contributed by atoms with Crippen LogP contribution >= 0.6 is 0 Å². The first-order chi connectivity index (χ1) is 14.0. The van der Waals surface area contributed by atoms with Crippen molar-refractivity contribution in [1.82, 2.24) is 29.7 Å². The number of imidazole rings is 2. The number of likely N-dealkylation sites (tertiary alicyclic amines) is 1.